The van der Waals surface area contributed by atoms with E-state index in [1.807, 2.05) is 48.5 Å². The van der Waals surface area contributed by atoms with Crippen molar-refractivity contribution < 1.29 is 14.3 Å². The minimum Gasteiger partial charge on any atom is -0.489 e. The number of halogens is 1. The quantitative estimate of drug-likeness (QED) is 0.749. The lowest BCUT2D eigenvalue weighted by Gasteiger charge is -2.08. The molecule has 6 heteroatoms. The highest BCUT2D eigenvalue weighted by Gasteiger charge is 2.31. The highest BCUT2D eigenvalue weighted by atomic mass is 35.5. The molecular formula is C18H14ClNO3S. The average molecular weight is 360 g/mol. The van der Waals surface area contributed by atoms with Crippen molar-refractivity contribution in [3.8, 4) is 5.75 Å². The molecule has 4 nitrogen and oxygen atoms in total. The standard InChI is InChI=1S/C18H14ClNO3S/c1-20-17(21)16(24-18(20)22)10-12-5-4-7-14(9-12)23-11-13-6-2-3-8-15(13)19/h2-10H,11H2,1H3/b16-10+. The molecule has 1 fully saturated rings. The predicted octanol–water partition coefficient (Wildman–Crippen LogP) is 4.59. The lowest BCUT2D eigenvalue weighted by Crippen LogP contribution is -2.22. The number of hydrogen-bond acceptors (Lipinski definition) is 4. The monoisotopic (exact) mass is 359 g/mol. The van der Waals surface area contributed by atoms with Gasteiger partial charge in [0.2, 0.25) is 0 Å². The largest absolute Gasteiger partial charge is 0.489 e. The fraction of sp³-hybridized carbons (Fsp3) is 0.111. The number of hydrogen-bond donors (Lipinski definition) is 0. The van der Waals surface area contributed by atoms with Crippen LogP contribution in [0.15, 0.2) is 53.4 Å². The number of carbonyl (C=O) groups is 2. The topological polar surface area (TPSA) is 46.6 Å². The number of thioether (sulfide) groups is 1. The van der Waals surface area contributed by atoms with Gasteiger partial charge in [0.25, 0.3) is 11.1 Å². The van der Waals surface area contributed by atoms with Crippen LogP contribution >= 0.6 is 23.4 Å². The van der Waals surface area contributed by atoms with E-state index >= 15 is 0 Å². The summed E-state index contributed by atoms with van der Waals surface area (Å²) < 4.78 is 5.76. The summed E-state index contributed by atoms with van der Waals surface area (Å²) in [5.74, 6) is 0.381. The van der Waals surface area contributed by atoms with E-state index in [0.29, 0.717) is 22.3 Å². The van der Waals surface area contributed by atoms with Crippen LogP contribution in [-0.2, 0) is 11.4 Å². The molecule has 2 amide bonds. The van der Waals surface area contributed by atoms with Crippen molar-refractivity contribution in [1.82, 2.24) is 4.90 Å². The Morgan fingerprint density at radius 1 is 1.17 bits per heavy atom. The van der Waals surface area contributed by atoms with E-state index in [1.165, 1.54) is 7.05 Å². The Bertz CT molecular complexity index is 835. The molecule has 0 aliphatic carbocycles. The number of nitrogens with zero attached hydrogens (tertiary/aromatic N) is 1. The van der Waals surface area contributed by atoms with Crippen LogP contribution in [0.1, 0.15) is 11.1 Å². The van der Waals surface area contributed by atoms with Crippen LogP contribution in [0.25, 0.3) is 6.08 Å². The van der Waals surface area contributed by atoms with Crippen LogP contribution in [-0.4, -0.2) is 23.1 Å². The first-order valence-corrected chi connectivity index (χ1v) is 8.42. The molecule has 1 aliphatic heterocycles. The lowest BCUT2D eigenvalue weighted by atomic mass is 10.2. The molecule has 0 N–H and O–H groups in total. The van der Waals surface area contributed by atoms with Gasteiger partial charge in [-0.05, 0) is 41.6 Å². The molecule has 0 unspecified atom stereocenters. The number of likely N-dealkylation sites (N-methyl/N-ethyl adjacent to an activating group) is 1. The number of amides is 2. The van der Waals surface area contributed by atoms with Crippen LogP contribution < -0.4 is 4.74 Å². The molecule has 0 saturated carbocycles. The van der Waals surface area contributed by atoms with Gasteiger partial charge in [-0.15, -0.1) is 0 Å². The van der Waals surface area contributed by atoms with Gasteiger partial charge in [-0.2, -0.15) is 0 Å². The van der Waals surface area contributed by atoms with Crippen molar-refractivity contribution in [2.75, 3.05) is 7.05 Å². The number of benzene rings is 2. The molecule has 0 atom stereocenters. The van der Waals surface area contributed by atoms with Gasteiger partial charge in [-0.3, -0.25) is 14.5 Å². The van der Waals surface area contributed by atoms with Crippen molar-refractivity contribution in [3.05, 3.63) is 69.6 Å². The van der Waals surface area contributed by atoms with E-state index in [1.54, 1.807) is 6.08 Å². The molecule has 24 heavy (non-hydrogen) atoms. The second-order valence-electron chi connectivity index (χ2n) is 5.19. The van der Waals surface area contributed by atoms with Crippen molar-refractivity contribution in [2.45, 2.75) is 6.61 Å². The van der Waals surface area contributed by atoms with Crippen molar-refractivity contribution in [3.63, 3.8) is 0 Å². The molecule has 0 radical (unpaired) electrons. The smallest absolute Gasteiger partial charge is 0.293 e. The second kappa shape index (κ2) is 7.11. The third-order valence-electron chi connectivity index (χ3n) is 3.49. The van der Waals surface area contributed by atoms with E-state index in [2.05, 4.69) is 0 Å². The molecule has 1 aliphatic rings. The zero-order chi connectivity index (χ0) is 17.1. The number of ether oxygens (including phenoxy) is 1. The van der Waals surface area contributed by atoms with Crippen molar-refractivity contribution >= 4 is 40.6 Å². The Hall–Kier alpha value is -2.24. The fourth-order valence-corrected chi connectivity index (χ4v) is 3.19. The third-order valence-corrected chi connectivity index (χ3v) is 4.82. The Labute approximate surface area is 149 Å². The first kappa shape index (κ1) is 16.6. The minimum absolute atomic E-state index is 0.266. The summed E-state index contributed by atoms with van der Waals surface area (Å²) >= 11 is 7.05. The summed E-state index contributed by atoms with van der Waals surface area (Å²) in [6.45, 7) is 0.356. The summed E-state index contributed by atoms with van der Waals surface area (Å²) in [4.78, 5) is 25.0. The van der Waals surface area contributed by atoms with Gasteiger partial charge >= 0.3 is 0 Å². The number of imide groups is 1. The van der Waals surface area contributed by atoms with Gasteiger partial charge in [0.15, 0.2) is 0 Å². The first-order chi connectivity index (χ1) is 11.5. The van der Waals surface area contributed by atoms with E-state index in [9.17, 15) is 9.59 Å². The Balaban J connectivity index is 1.74. The highest BCUT2D eigenvalue weighted by Crippen LogP contribution is 2.31. The predicted molar refractivity (Wildman–Crippen MR) is 96.0 cm³/mol. The molecule has 0 bridgehead atoms. The van der Waals surface area contributed by atoms with Gasteiger partial charge in [-0.1, -0.05) is 41.9 Å². The minimum atomic E-state index is -0.285. The summed E-state index contributed by atoms with van der Waals surface area (Å²) in [5.41, 5.74) is 1.70. The van der Waals surface area contributed by atoms with Crippen LogP contribution in [0.4, 0.5) is 4.79 Å². The summed E-state index contributed by atoms with van der Waals surface area (Å²) in [6.07, 6.45) is 1.69. The highest BCUT2D eigenvalue weighted by molar-refractivity contribution is 8.18. The van der Waals surface area contributed by atoms with Gasteiger partial charge in [0.05, 0.1) is 4.91 Å². The third kappa shape index (κ3) is 3.63. The molecule has 1 saturated heterocycles. The van der Waals surface area contributed by atoms with E-state index < -0.39 is 0 Å². The Morgan fingerprint density at radius 2 is 1.96 bits per heavy atom. The van der Waals surface area contributed by atoms with Crippen LogP contribution in [0, 0.1) is 0 Å². The van der Waals surface area contributed by atoms with Crippen LogP contribution in [0.5, 0.6) is 5.75 Å². The number of rotatable bonds is 4. The average Bonchev–Trinajstić information content (AvgIpc) is 2.81. The van der Waals surface area contributed by atoms with E-state index in [0.717, 1.165) is 27.8 Å². The fourth-order valence-electron chi connectivity index (χ4n) is 2.17. The van der Waals surface area contributed by atoms with E-state index in [4.69, 9.17) is 16.3 Å². The summed E-state index contributed by atoms with van der Waals surface area (Å²) in [7, 11) is 1.47. The van der Waals surface area contributed by atoms with Crippen LogP contribution in [0.2, 0.25) is 5.02 Å². The summed E-state index contributed by atoms with van der Waals surface area (Å²) in [6, 6.07) is 14.8. The van der Waals surface area contributed by atoms with Gasteiger partial charge < -0.3 is 4.74 Å². The normalized spacial score (nSPS) is 16.1. The Morgan fingerprint density at radius 3 is 2.67 bits per heavy atom. The maximum Gasteiger partial charge on any atom is 0.293 e. The Kier molecular flexibility index (Phi) is 4.92. The zero-order valence-corrected chi connectivity index (χ0v) is 14.4. The molecule has 0 spiro atoms. The van der Waals surface area contributed by atoms with Crippen molar-refractivity contribution in [1.29, 1.82) is 0 Å². The van der Waals surface area contributed by atoms with Crippen molar-refractivity contribution in [2.24, 2.45) is 0 Å². The van der Waals surface area contributed by atoms with Gasteiger partial charge in [0.1, 0.15) is 12.4 Å². The van der Waals surface area contributed by atoms with Gasteiger partial charge in [-0.25, -0.2) is 0 Å². The van der Waals surface area contributed by atoms with Crippen LogP contribution in [0.3, 0.4) is 0 Å². The molecule has 3 rings (SSSR count). The first-order valence-electron chi connectivity index (χ1n) is 7.22. The van der Waals surface area contributed by atoms with Gasteiger partial charge in [0, 0.05) is 17.6 Å². The van der Waals surface area contributed by atoms with E-state index in [-0.39, 0.29) is 11.1 Å². The molecule has 0 aromatic heterocycles. The zero-order valence-electron chi connectivity index (χ0n) is 12.9. The SMILES string of the molecule is CN1C(=O)S/C(=C/c2cccc(OCc3ccccc3Cl)c2)C1=O. The summed E-state index contributed by atoms with van der Waals surface area (Å²) in [5, 5.41) is 0.391. The molecular weight excluding hydrogens is 346 g/mol. The maximum atomic E-state index is 11.9. The molecule has 2 aromatic rings. The molecule has 2 aromatic carbocycles. The number of carbonyl (C=O) groups excluding carboxylic acids is 2. The molecule has 122 valence electrons. The second-order valence-corrected chi connectivity index (χ2v) is 6.59. The maximum absolute atomic E-state index is 11.9. The lowest BCUT2D eigenvalue weighted by molar-refractivity contribution is -0.121. The molecule has 1 heterocycles.